The molecule has 0 saturated carbocycles. The summed E-state index contributed by atoms with van der Waals surface area (Å²) >= 11 is 0. The first-order chi connectivity index (χ1) is 13.6. The quantitative estimate of drug-likeness (QED) is 0.712. The van der Waals surface area contributed by atoms with Crippen molar-refractivity contribution >= 4 is 11.6 Å². The predicted octanol–water partition coefficient (Wildman–Crippen LogP) is 3.35. The second-order valence-electron chi connectivity index (χ2n) is 6.64. The Morgan fingerprint density at radius 2 is 2.11 bits per heavy atom. The Labute approximate surface area is 163 Å². The molecule has 1 amide bonds. The van der Waals surface area contributed by atoms with Crippen LogP contribution in [-0.4, -0.2) is 29.1 Å². The first kappa shape index (κ1) is 18.1. The van der Waals surface area contributed by atoms with E-state index in [9.17, 15) is 4.79 Å². The van der Waals surface area contributed by atoms with Crippen molar-refractivity contribution in [3.8, 4) is 17.4 Å². The molecule has 0 atom stereocenters. The third-order valence-corrected chi connectivity index (χ3v) is 4.67. The van der Waals surface area contributed by atoms with Crippen LogP contribution in [0.3, 0.4) is 0 Å². The molecule has 3 heterocycles. The van der Waals surface area contributed by atoms with Gasteiger partial charge in [-0.05, 0) is 36.8 Å². The maximum atomic E-state index is 12.6. The average Bonchev–Trinajstić information content (AvgIpc) is 3.15. The lowest BCUT2D eigenvalue weighted by atomic mass is 10.2. The fraction of sp³-hybridized carbons (Fsp3) is 0.238. The molecule has 0 unspecified atom stereocenters. The number of fused-ring (bicyclic) bond motifs is 1. The number of aryl methyl sites for hydroxylation is 1. The molecule has 0 saturated heterocycles. The van der Waals surface area contributed by atoms with E-state index in [1.165, 1.54) is 0 Å². The molecule has 1 aliphatic heterocycles. The summed E-state index contributed by atoms with van der Waals surface area (Å²) in [6.07, 6.45) is 3.53. The summed E-state index contributed by atoms with van der Waals surface area (Å²) in [5.41, 5.74) is 3.37. The van der Waals surface area contributed by atoms with Crippen molar-refractivity contribution in [2.24, 2.45) is 0 Å². The molecule has 0 spiro atoms. The van der Waals surface area contributed by atoms with Gasteiger partial charge < -0.3 is 24.7 Å². The molecular formula is C21H22N4O3. The number of hydrogen-bond donors (Lipinski definition) is 2. The van der Waals surface area contributed by atoms with E-state index in [0.717, 1.165) is 24.3 Å². The lowest BCUT2D eigenvalue weighted by molar-refractivity contribution is 0.102. The van der Waals surface area contributed by atoms with Gasteiger partial charge >= 0.3 is 0 Å². The van der Waals surface area contributed by atoms with Crippen LogP contribution in [0.5, 0.6) is 17.4 Å². The van der Waals surface area contributed by atoms with Crippen LogP contribution in [0.15, 0.2) is 48.8 Å². The van der Waals surface area contributed by atoms with E-state index in [1.54, 1.807) is 25.4 Å². The number of amides is 1. The first-order valence-electron chi connectivity index (χ1n) is 9.12. The summed E-state index contributed by atoms with van der Waals surface area (Å²) in [6.45, 7) is 4.47. The molecule has 3 aromatic rings. The highest BCUT2D eigenvalue weighted by Crippen LogP contribution is 2.31. The molecule has 0 radical (unpaired) electrons. The van der Waals surface area contributed by atoms with Crippen LogP contribution >= 0.6 is 0 Å². The third kappa shape index (κ3) is 3.70. The first-order valence-corrected chi connectivity index (χ1v) is 9.12. The van der Waals surface area contributed by atoms with E-state index in [-0.39, 0.29) is 5.91 Å². The summed E-state index contributed by atoms with van der Waals surface area (Å²) in [4.78, 5) is 16.9. The van der Waals surface area contributed by atoms with Crippen LogP contribution in [-0.2, 0) is 13.1 Å². The number of carbonyl (C=O) groups excluding carboxylic acids is 1. The van der Waals surface area contributed by atoms with Crippen LogP contribution in [0.2, 0.25) is 0 Å². The van der Waals surface area contributed by atoms with Crippen LogP contribution in [0.4, 0.5) is 5.69 Å². The van der Waals surface area contributed by atoms with Gasteiger partial charge in [0.25, 0.3) is 5.91 Å². The number of nitrogens with zero attached hydrogens (tertiary/aromatic N) is 2. The Balaban J connectivity index is 1.45. The van der Waals surface area contributed by atoms with E-state index in [0.29, 0.717) is 35.2 Å². The van der Waals surface area contributed by atoms with Gasteiger partial charge in [-0.15, -0.1) is 0 Å². The van der Waals surface area contributed by atoms with E-state index in [2.05, 4.69) is 20.2 Å². The molecule has 144 valence electrons. The number of methoxy groups -OCH3 is 1. The minimum atomic E-state index is -0.145. The van der Waals surface area contributed by atoms with Crippen molar-refractivity contribution in [2.45, 2.75) is 20.0 Å². The summed E-state index contributed by atoms with van der Waals surface area (Å²) < 4.78 is 13.3. The number of benzene rings is 1. The van der Waals surface area contributed by atoms with E-state index in [4.69, 9.17) is 9.47 Å². The van der Waals surface area contributed by atoms with Crippen LogP contribution in [0.1, 0.15) is 21.6 Å². The van der Waals surface area contributed by atoms with Gasteiger partial charge in [0, 0.05) is 37.6 Å². The van der Waals surface area contributed by atoms with Crippen molar-refractivity contribution in [3.05, 3.63) is 65.6 Å². The van der Waals surface area contributed by atoms with Gasteiger partial charge in [-0.3, -0.25) is 4.79 Å². The van der Waals surface area contributed by atoms with Gasteiger partial charge in [0.2, 0.25) is 5.88 Å². The Hall–Kier alpha value is -3.32. The highest BCUT2D eigenvalue weighted by atomic mass is 16.5. The number of hydrogen-bond acceptors (Lipinski definition) is 5. The van der Waals surface area contributed by atoms with Crippen molar-refractivity contribution in [1.29, 1.82) is 0 Å². The molecule has 1 aliphatic rings. The maximum Gasteiger partial charge on any atom is 0.257 e. The average molecular weight is 378 g/mol. The summed E-state index contributed by atoms with van der Waals surface area (Å²) in [5, 5.41) is 6.18. The van der Waals surface area contributed by atoms with Gasteiger partial charge in [0.05, 0.1) is 24.6 Å². The van der Waals surface area contributed by atoms with Crippen molar-refractivity contribution in [1.82, 2.24) is 14.9 Å². The van der Waals surface area contributed by atoms with E-state index >= 15 is 0 Å². The van der Waals surface area contributed by atoms with Gasteiger partial charge in [-0.25, -0.2) is 4.98 Å². The molecule has 2 aromatic heterocycles. The number of pyridine rings is 1. The molecule has 0 fully saturated rings. The molecule has 1 aromatic carbocycles. The van der Waals surface area contributed by atoms with Gasteiger partial charge in [0.15, 0.2) is 11.5 Å². The minimum Gasteiger partial charge on any atom is -0.493 e. The number of anilines is 1. The summed E-state index contributed by atoms with van der Waals surface area (Å²) in [5.74, 6) is 1.51. The normalized spacial score (nSPS) is 12.9. The van der Waals surface area contributed by atoms with Gasteiger partial charge in [0.1, 0.15) is 0 Å². The predicted molar refractivity (Wildman–Crippen MR) is 106 cm³/mol. The molecule has 7 heteroatoms. The maximum absolute atomic E-state index is 12.6. The number of aromatic nitrogens is 2. The number of carbonyl (C=O) groups is 1. The summed E-state index contributed by atoms with van der Waals surface area (Å²) in [7, 11) is 1.60. The Morgan fingerprint density at radius 1 is 1.21 bits per heavy atom. The SMILES string of the molecule is COc1cc(C)ccc1Oc1ccc(NC(=O)c2ccn3c2CNCC3)cn1. The lowest BCUT2D eigenvalue weighted by Gasteiger charge is -2.17. The van der Waals surface area contributed by atoms with E-state index in [1.807, 2.05) is 37.4 Å². The smallest absolute Gasteiger partial charge is 0.257 e. The largest absolute Gasteiger partial charge is 0.493 e. The second kappa shape index (κ2) is 7.74. The molecular weight excluding hydrogens is 356 g/mol. The minimum absolute atomic E-state index is 0.145. The number of ether oxygens (including phenoxy) is 2. The molecule has 2 N–H and O–H groups in total. The lowest BCUT2D eigenvalue weighted by Crippen LogP contribution is -2.29. The molecule has 0 bridgehead atoms. The van der Waals surface area contributed by atoms with Crippen molar-refractivity contribution in [3.63, 3.8) is 0 Å². The Bertz CT molecular complexity index is 995. The molecule has 0 aliphatic carbocycles. The topological polar surface area (TPSA) is 77.4 Å². The van der Waals surface area contributed by atoms with Crippen molar-refractivity contribution < 1.29 is 14.3 Å². The standard InChI is InChI=1S/C21H22N4O3/c1-14-3-5-18(19(11-14)27-2)28-20-6-4-15(12-23-20)24-21(26)16-7-9-25-10-8-22-13-17(16)25/h3-7,9,11-12,22H,8,10,13H2,1-2H3,(H,24,26). The Morgan fingerprint density at radius 3 is 2.89 bits per heavy atom. The Kier molecular flexibility index (Phi) is 4.99. The zero-order chi connectivity index (χ0) is 19.5. The fourth-order valence-electron chi connectivity index (χ4n) is 3.21. The van der Waals surface area contributed by atoms with Crippen LogP contribution in [0, 0.1) is 6.92 Å². The number of nitrogens with one attached hydrogen (secondary N) is 2. The van der Waals surface area contributed by atoms with E-state index < -0.39 is 0 Å². The summed E-state index contributed by atoms with van der Waals surface area (Å²) in [6, 6.07) is 11.0. The van der Waals surface area contributed by atoms with Crippen molar-refractivity contribution in [2.75, 3.05) is 19.0 Å². The van der Waals surface area contributed by atoms with Crippen LogP contribution in [0.25, 0.3) is 0 Å². The third-order valence-electron chi connectivity index (χ3n) is 4.67. The highest BCUT2D eigenvalue weighted by molar-refractivity contribution is 6.05. The highest BCUT2D eigenvalue weighted by Gasteiger charge is 2.18. The second-order valence-corrected chi connectivity index (χ2v) is 6.64. The molecule has 4 rings (SSSR count). The van der Waals surface area contributed by atoms with Crippen LogP contribution < -0.4 is 20.1 Å². The monoisotopic (exact) mass is 378 g/mol. The number of rotatable bonds is 5. The van der Waals surface area contributed by atoms with Gasteiger partial charge in [-0.1, -0.05) is 6.07 Å². The molecule has 28 heavy (non-hydrogen) atoms. The van der Waals surface area contributed by atoms with Gasteiger partial charge in [-0.2, -0.15) is 0 Å². The molecule has 7 nitrogen and oxygen atoms in total. The fourth-order valence-corrected chi connectivity index (χ4v) is 3.21. The zero-order valence-corrected chi connectivity index (χ0v) is 15.9. The zero-order valence-electron chi connectivity index (χ0n) is 15.9.